The maximum atomic E-state index is 12.4. The summed E-state index contributed by atoms with van der Waals surface area (Å²) in [5.41, 5.74) is 0.750. The molecule has 0 aliphatic carbocycles. The number of anilines is 1. The fourth-order valence-electron chi connectivity index (χ4n) is 4.72. The first kappa shape index (κ1) is 30.2. The molecule has 1 fully saturated rings. The van der Waals surface area contributed by atoms with E-state index in [0.29, 0.717) is 30.0 Å². The minimum Gasteiger partial charge on any atom is -0.494 e. The Hall–Kier alpha value is -3.30. The Morgan fingerprint density at radius 2 is 1.87 bits per heavy atom. The average Bonchev–Trinajstić information content (AvgIpc) is 3.37. The zero-order valence-electron chi connectivity index (χ0n) is 24.6. The van der Waals surface area contributed by atoms with Crippen molar-refractivity contribution in [2.75, 3.05) is 31.7 Å². The van der Waals surface area contributed by atoms with Gasteiger partial charge in [0.1, 0.15) is 11.4 Å². The molecule has 1 aromatic heterocycles. The summed E-state index contributed by atoms with van der Waals surface area (Å²) in [6, 6.07) is 5.12. The standard InChI is InChI=1S/C29H44N4O6/c1-18(2)25-31-27(39-32-25)33-14-11-21(12-15-33)19(3)13-16-37-22-9-10-23(20(4)17-22)24(26(34)36-8)30-28(35)38-29(5,6)7/h9-10,17-19,21,24H,11-16H2,1-8H3,(H,30,35). The van der Waals surface area contributed by atoms with Crippen LogP contribution in [0.2, 0.25) is 0 Å². The van der Waals surface area contributed by atoms with Crippen molar-refractivity contribution in [2.45, 2.75) is 85.3 Å². The molecule has 10 heteroatoms. The lowest BCUT2D eigenvalue weighted by molar-refractivity contribution is -0.143. The Morgan fingerprint density at radius 1 is 1.18 bits per heavy atom. The van der Waals surface area contributed by atoms with Crippen molar-refractivity contribution in [1.82, 2.24) is 15.5 Å². The molecule has 3 rings (SSSR count). The molecule has 2 aromatic rings. The zero-order chi connectivity index (χ0) is 28.7. The van der Waals surface area contributed by atoms with Gasteiger partial charge in [0.15, 0.2) is 11.9 Å². The van der Waals surface area contributed by atoms with Crippen LogP contribution in [0, 0.1) is 18.8 Å². The Labute approximate surface area is 231 Å². The van der Waals surface area contributed by atoms with Crippen LogP contribution in [-0.4, -0.2) is 54.6 Å². The summed E-state index contributed by atoms with van der Waals surface area (Å²) in [6.07, 6.45) is 2.41. The summed E-state index contributed by atoms with van der Waals surface area (Å²) in [5.74, 6) is 2.28. The van der Waals surface area contributed by atoms with Gasteiger partial charge < -0.3 is 29.0 Å². The van der Waals surface area contributed by atoms with E-state index in [2.05, 4.69) is 41.1 Å². The molecule has 0 saturated carbocycles. The molecule has 0 radical (unpaired) electrons. The van der Waals surface area contributed by atoms with Crippen LogP contribution < -0.4 is 15.0 Å². The molecular weight excluding hydrogens is 500 g/mol. The lowest BCUT2D eigenvalue weighted by atomic mass is 9.84. The summed E-state index contributed by atoms with van der Waals surface area (Å²) >= 11 is 0. The topological polar surface area (TPSA) is 116 Å². The number of carbonyl (C=O) groups is 2. The molecule has 1 aliphatic heterocycles. The van der Waals surface area contributed by atoms with Crippen molar-refractivity contribution in [3.8, 4) is 5.75 Å². The fraction of sp³-hybridized carbons (Fsp3) is 0.655. The number of benzene rings is 1. The third kappa shape index (κ3) is 8.60. The summed E-state index contributed by atoms with van der Waals surface area (Å²) < 4.78 is 21.8. The van der Waals surface area contributed by atoms with E-state index < -0.39 is 23.7 Å². The van der Waals surface area contributed by atoms with Gasteiger partial charge in [0.2, 0.25) is 0 Å². The first-order chi connectivity index (χ1) is 18.4. The fourth-order valence-corrected chi connectivity index (χ4v) is 4.72. The molecule has 1 saturated heterocycles. The third-order valence-corrected chi connectivity index (χ3v) is 7.05. The smallest absolute Gasteiger partial charge is 0.408 e. The Balaban J connectivity index is 1.50. The Kier molecular flexibility index (Phi) is 10.2. The van der Waals surface area contributed by atoms with E-state index in [1.165, 1.54) is 7.11 Å². The van der Waals surface area contributed by atoms with E-state index in [0.717, 1.165) is 49.5 Å². The normalized spacial score (nSPS) is 16.1. The lowest BCUT2D eigenvalue weighted by Gasteiger charge is -2.33. The average molecular weight is 545 g/mol. The number of rotatable bonds is 10. The molecule has 1 aromatic carbocycles. The molecule has 0 spiro atoms. The van der Waals surface area contributed by atoms with Gasteiger partial charge in [-0.25, -0.2) is 9.59 Å². The first-order valence-electron chi connectivity index (χ1n) is 13.8. The number of esters is 1. The SMILES string of the molecule is COC(=O)C(NC(=O)OC(C)(C)C)c1ccc(OCCC(C)C2CCN(c3nc(C(C)C)no3)CC2)cc1C. The number of nitrogens with one attached hydrogen (secondary N) is 1. The zero-order valence-corrected chi connectivity index (χ0v) is 24.6. The second-order valence-corrected chi connectivity index (χ2v) is 11.6. The predicted molar refractivity (Wildman–Crippen MR) is 148 cm³/mol. The van der Waals surface area contributed by atoms with Crippen molar-refractivity contribution in [3.63, 3.8) is 0 Å². The number of hydrogen-bond acceptors (Lipinski definition) is 9. The van der Waals surface area contributed by atoms with Crippen LogP contribution in [0.25, 0.3) is 0 Å². The highest BCUT2D eigenvalue weighted by atomic mass is 16.6. The van der Waals surface area contributed by atoms with E-state index in [-0.39, 0.29) is 5.92 Å². The number of aryl methyl sites for hydroxylation is 1. The molecule has 2 heterocycles. The van der Waals surface area contributed by atoms with Gasteiger partial charge in [-0.05, 0) is 82.1 Å². The molecular formula is C29H44N4O6. The van der Waals surface area contributed by atoms with Crippen LogP contribution in [0.5, 0.6) is 5.75 Å². The largest absolute Gasteiger partial charge is 0.494 e. The van der Waals surface area contributed by atoms with Gasteiger partial charge in [0.05, 0.1) is 13.7 Å². The highest BCUT2D eigenvalue weighted by Gasteiger charge is 2.29. The second-order valence-electron chi connectivity index (χ2n) is 11.6. The van der Waals surface area contributed by atoms with E-state index in [1.807, 2.05) is 19.1 Å². The maximum absolute atomic E-state index is 12.4. The number of alkyl carbamates (subject to hydrolysis) is 1. The molecule has 2 atom stereocenters. The van der Waals surface area contributed by atoms with Crippen LogP contribution in [0.15, 0.2) is 22.7 Å². The Morgan fingerprint density at radius 3 is 2.44 bits per heavy atom. The van der Waals surface area contributed by atoms with Crippen molar-refractivity contribution in [1.29, 1.82) is 0 Å². The van der Waals surface area contributed by atoms with Crippen molar-refractivity contribution >= 4 is 18.1 Å². The number of nitrogens with zero attached hydrogens (tertiary/aromatic N) is 3. The monoisotopic (exact) mass is 544 g/mol. The van der Waals surface area contributed by atoms with Crippen molar-refractivity contribution < 1.29 is 28.3 Å². The van der Waals surface area contributed by atoms with Crippen LogP contribution in [0.3, 0.4) is 0 Å². The van der Waals surface area contributed by atoms with Gasteiger partial charge in [-0.1, -0.05) is 32.0 Å². The van der Waals surface area contributed by atoms with Gasteiger partial charge in [-0.15, -0.1) is 0 Å². The highest BCUT2D eigenvalue weighted by molar-refractivity contribution is 5.83. The van der Waals surface area contributed by atoms with Crippen LogP contribution in [0.4, 0.5) is 10.8 Å². The predicted octanol–water partition coefficient (Wildman–Crippen LogP) is 5.56. The van der Waals surface area contributed by atoms with Crippen molar-refractivity contribution in [3.05, 3.63) is 35.2 Å². The molecule has 1 amide bonds. The molecule has 1 aliphatic rings. The minimum absolute atomic E-state index is 0.253. The maximum Gasteiger partial charge on any atom is 0.408 e. The van der Waals surface area contributed by atoms with Gasteiger partial charge in [0.25, 0.3) is 0 Å². The van der Waals surface area contributed by atoms with E-state index in [9.17, 15) is 9.59 Å². The summed E-state index contributed by atoms with van der Waals surface area (Å²) in [5, 5.41) is 6.70. The molecule has 39 heavy (non-hydrogen) atoms. The van der Waals surface area contributed by atoms with Crippen LogP contribution in [-0.2, 0) is 14.3 Å². The van der Waals surface area contributed by atoms with Gasteiger partial charge in [-0.3, -0.25) is 0 Å². The van der Waals surface area contributed by atoms with E-state index >= 15 is 0 Å². The van der Waals surface area contributed by atoms with Gasteiger partial charge in [-0.2, -0.15) is 4.98 Å². The molecule has 216 valence electrons. The summed E-state index contributed by atoms with van der Waals surface area (Å²) in [7, 11) is 1.29. The first-order valence-corrected chi connectivity index (χ1v) is 13.8. The number of ether oxygens (including phenoxy) is 3. The third-order valence-electron chi connectivity index (χ3n) is 7.05. The lowest BCUT2D eigenvalue weighted by Crippen LogP contribution is -2.38. The number of carbonyl (C=O) groups excluding carboxylic acids is 2. The minimum atomic E-state index is -0.978. The number of piperidine rings is 1. The van der Waals surface area contributed by atoms with E-state index in [4.69, 9.17) is 18.7 Å². The molecule has 1 N–H and O–H groups in total. The Bertz CT molecular complexity index is 1100. The van der Waals surface area contributed by atoms with E-state index in [1.54, 1.807) is 26.8 Å². The summed E-state index contributed by atoms with van der Waals surface area (Å²) in [6.45, 7) is 16.0. The number of methoxy groups -OCH3 is 1. The number of aromatic nitrogens is 2. The second kappa shape index (κ2) is 13.2. The number of hydrogen-bond donors (Lipinski definition) is 1. The van der Waals surface area contributed by atoms with Crippen LogP contribution in [0.1, 0.15) is 89.7 Å². The molecule has 2 unspecified atom stereocenters. The summed E-state index contributed by atoms with van der Waals surface area (Å²) in [4.78, 5) is 31.5. The van der Waals surface area contributed by atoms with Gasteiger partial charge in [0, 0.05) is 19.0 Å². The van der Waals surface area contributed by atoms with Crippen molar-refractivity contribution in [2.24, 2.45) is 11.8 Å². The highest BCUT2D eigenvalue weighted by Crippen LogP contribution is 2.30. The van der Waals surface area contributed by atoms with Crippen LogP contribution >= 0.6 is 0 Å². The molecule has 0 bridgehead atoms. The quantitative estimate of drug-likeness (QED) is 0.384. The molecule has 10 nitrogen and oxygen atoms in total. The van der Waals surface area contributed by atoms with Gasteiger partial charge >= 0.3 is 18.1 Å². The number of amides is 1.